The number of anilines is 1. The number of thioether (sulfide) groups is 1. The second-order valence-corrected chi connectivity index (χ2v) is 18.6. The molecule has 0 N–H and O–H groups in total. The van der Waals surface area contributed by atoms with E-state index in [-0.39, 0.29) is 6.04 Å². The zero-order valence-corrected chi connectivity index (χ0v) is 33.8. The molecular formula is C54H47NS2. The summed E-state index contributed by atoms with van der Waals surface area (Å²) in [5.74, 6) is 1.83. The molecule has 0 saturated heterocycles. The molecule has 0 fully saturated rings. The number of benzene rings is 3. The Balaban J connectivity index is 0.875. The first-order valence-electron chi connectivity index (χ1n) is 21.0. The highest BCUT2D eigenvalue weighted by molar-refractivity contribution is 8.00. The minimum Gasteiger partial charge on any atom is -0.333 e. The van der Waals surface area contributed by atoms with Crippen molar-refractivity contribution in [2.75, 3.05) is 4.90 Å². The van der Waals surface area contributed by atoms with Gasteiger partial charge in [-0.3, -0.25) is 0 Å². The summed E-state index contributed by atoms with van der Waals surface area (Å²) in [6, 6.07) is 23.1. The Labute approximate surface area is 345 Å². The van der Waals surface area contributed by atoms with Gasteiger partial charge in [-0.15, -0.1) is 23.1 Å². The number of hydrogen-bond donors (Lipinski definition) is 0. The van der Waals surface area contributed by atoms with Crippen LogP contribution >= 0.6 is 23.1 Å². The first kappa shape index (κ1) is 35.1. The zero-order chi connectivity index (χ0) is 37.7. The Bertz CT molecular complexity index is 2660. The topological polar surface area (TPSA) is 3.24 Å². The fourth-order valence-electron chi connectivity index (χ4n) is 9.98. The van der Waals surface area contributed by atoms with E-state index in [0.717, 1.165) is 38.5 Å². The van der Waals surface area contributed by atoms with Crippen LogP contribution in [0.3, 0.4) is 0 Å². The minimum atomic E-state index is 0.236. The van der Waals surface area contributed by atoms with Crippen molar-refractivity contribution < 1.29 is 0 Å². The molecule has 6 unspecified atom stereocenters. The van der Waals surface area contributed by atoms with Gasteiger partial charge in [-0.2, -0.15) is 0 Å². The van der Waals surface area contributed by atoms with E-state index in [2.05, 4.69) is 181 Å². The SMILES string of the molecule is C1=CCC(C2=CCC(N(C3=CCC(C4=CCC(C5=CC6Sc7ccccc7C6C=C5)C=C4)C=C3)c3cccc4c3sc3c(C5=CCCC=C5)cccc34)C=C2)C=C1. The average Bonchev–Trinajstić information content (AvgIpc) is 3.86. The second-order valence-electron chi connectivity index (χ2n) is 16.4. The van der Waals surface area contributed by atoms with E-state index in [0.29, 0.717) is 28.9 Å². The maximum atomic E-state index is 2.65. The molecule has 1 nitrogen and oxygen atoms in total. The second kappa shape index (κ2) is 15.0. The third-order valence-electron chi connectivity index (χ3n) is 13.0. The summed E-state index contributed by atoms with van der Waals surface area (Å²) in [6.45, 7) is 0. The van der Waals surface area contributed by atoms with Gasteiger partial charge in [0.2, 0.25) is 0 Å². The van der Waals surface area contributed by atoms with Crippen molar-refractivity contribution in [2.24, 2.45) is 17.8 Å². The Morgan fingerprint density at radius 2 is 1.35 bits per heavy atom. The Morgan fingerprint density at radius 1 is 0.561 bits per heavy atom. The summed E-state index contributed by atoms with van der Waals surface area (Å²) in [4.78, 5) is 4.10. The third-order valence-corrected chi connectivity index (χ3v) is 15.6. The fourth-order valence-corrected chi connectivity index (χ4v) is 12.7. The van der Waals surface area contributed by atoms with E-state index in [1.54, 1.807) is 0 Å². The third kappa shape index (κ3) is 6.50. The van der Waals surface area contributed by atoms with Gasteiger partial charge in [0.05, 0.1) is 16.4 Å². The summed E-state index contributed by atoms with van der Waals surface area (Å²) in [5.41, 5.74) is 11.2. The van der Waals surface area contributed by atoms with Gasteiger partial charge in [0.1, 0.15) is 0 Å². The average molecular weight is 774 g/mol. The van der Waals surface area contributed by atoms with Crippen LogP contribution in [0.4, 0.5) is 5.69 Å². The summed E-state index contributed by atoms with van der Waals surface area (Å²) in [6.07, 6.45) is 52.1. The summed E-state index contributed by atoms with van der Waals surface area (Å²) in [5, 5.41) is 3.24. The Morgan fingerprint density at radius 3 is 2.14 bits per heavy atom. The molecule has 0 saturated carbocycles. The summed E-state index contributed by atoms with van der Waals surface area (Å²) in [7, 11) is 0. The lowest BCUT2D eigenvalue weighted by molar-refractivity contribution is 0.697. The van der Waals surface area contributed by atoms with Gasteiger partial charge in [-0.25, -0.2) is 0 Å². The number of allylic oxidation sites excluding steroid dienone is 20. The van der Waals surface area contributed by atoms with Crippen LogP contribution in [0.15, 0.2) is 203 Å². The largest absolute Gasteiger partial charge is 0.333 e. The van der Waals surface area contributed by atoms with Gasteiger partial charge in [0, 0.05) is 55.0 Å². The number of rotatable bonds is 7. The lowest BCUT2D eigenvalue weighted by atomic mass is 9.80. The van der Waals surface area contributed by atoms with E-state index in [1.807, 2.05) is 23.1 Å². The van der Waals surface area contributed by atoms with Crippen molar-refractivity contribution in [3.63, 3.8) is 0 Å². The van der Waals surface area contributed by atoms with Crippen LogP contribution in [-0.2, 0) is 0 Å². The lowest BCUT2D eigenvalue weighted by Crippen LogP contribution is -2.34. The molecule has 1 aliphatic heterocycles. The highest BCUT2D eigenvalue weighted by atomic mass is 32.2. The molecular weight excluding hydrogens is 727 g/mol. The number of hydrogen-bond acceptors (Lipinski definition) is 3. The molecule has 0 amide bonds. The molecule has 6 atom stereocenters. The Hall–Kier alpha value is -5.09. The van der Waals surface area contributed by atoms with Crippen molar-refractivity contribution in [3.8, 4) is 0 Å². The molecule has 57 heavy (non-hydrogen) atoms. The van der Waals surface area contributed by atoms with Gasteiger partial charge in [0.15, 0.2) is 0 Å². The molecule has 3 heteroatoms. The number of thiophene rings is 1. The molecule has 0 bridgehead atoms. The number of nitrogens with zero attached hydrogens (tertiary/aromatic N) is 1. The van der Waals surface area contributed by atoms with Crippen LogP contribution in [0, 0.1) is 17.8 Å². The van der Waals surface area contributed by atoms with Crippen molar-refractivity contribution in [3.05, 3.63) is 210 Å². The van der Waals surface area contributed by atoms with E-state index in [1.165, 1.54) is 69.9 Å². The van der Waals surface area contributed by atoms with Gasteiger partial charge in [0.25, 0.3) is 0 Å². The van der Waals surface area contributed by atoms with E-state index < -0.39 is 0 Å². The zero-order valence-electron chi connectivity index (χ0n) is 32.2. The first-order valence-corrected chi connectivity index (χ1v) is 22.7. The highest BCUT2D eigenvalue weighted by Crippen LogP contribution is 2.50. The van der Waals surface area contributed by atoms with E-state index in [4.69, 9.17) is 0 Å². The smallest absolute Gasteiger partial charge is 0.0598 e. The van der Waals surface area contributed by atoms with Crippen LogP contribution in [0.25, 0.3) is 25.7 Å². The highest BCUT2D eigenvalue weighted by Gasteiger charge is 2.33. The molecule has 3 aromatic carbocycles. The van der Waals surface area contributed by atoms with Crippen LogP contribution < -0.4 is 4.90 Å². The Kier molecular flexibility index (Phi) is 9.25. The van der Waals surface area contributed by atoms with Crippen LogP contribution in [0.2, 0.25) is 0 Å². The molecule has 1 aromatic heterocycles. The van der Waals surface area contributed by atoms with Crippen molar-refractivity contribution in [2.45, 2.75) is 60.6 Å². The van der Waals surface area contributed by atoms with Gasteiger partial charge < -0.3 is 4.90 Å². The molecule has 4 aromatic rings. The molecule has 0 radical (unpaired) electrons. The fraction of sp³-hybridized carbons (Fsp3) is 0.222. The van der Waals surface area contributed by atoms with Gasteiger partial charge in [-0.1, -0.05) is 158 Å². The van der Waals surface area contributed by atoms with Gasteiger partial charge in [-0.05, 0) is 90.2 Å². The molecule has 0 spiro atoms. The van der Waals surface area contributed by atoms with Crippen LogP contribution in [-0.4, -0.2) is 11.3 Å². The summed E-state index contributed by atoms with van der Waals surface area (Å²) >= 11 is 4.01. The van der Waals surface area contributed by atoms with Crippen molar-refractivity contribution >= 4 is 54.5 Å². The van der Waals surface area contributed by atoms with Crippen molar-refractivity contribution in [1.82, 2.24) is 0 Å². The van der Waals surface area contributed by atoms with Crippen molar-refractivity contribution in [1.29, 1.82) is 0 Å². The molecule has 7 aliphatic rings. The first-order chi connectivity index (χ1) is 28.2. The molecule has 11 rings (SSSR count). The quantitative estimate of drug-likeness (QED) is 0.184. The van der Waals surface area contributed by atoms with Gasteiger partial charge >= 0.3 is 0 Å². The predicted octanol–water partition coefficient (Wildman–Crippen LogP) is 14.7. The van der Waals surface area contributed by atoms with E-state index in [9.17, 15) is 0 Å². The lowest BCUT2D eigenvalue weighted by Gasteiger charge is -2.36. The standard InChI is InChI=1S/C54H47NS2/c1-3-11-36(12-4-1)38-25-30-43(31-26-38)55(50-19-10-18-49-48-17-9-16-45(53(48)57-54(49)50)41-13-5-2-6-14-41)44-32-27-39(28-33-44)37-21-23-40(24-22-37)42-29-34-47-46-15-7-8-20-51(46)56-52(47)35-42/h1,3-5,7-11,13-23,25-27,29-30,32-36,39-40,43,47,52H,2,6,12,24,28,31H2. The molecule has 6 aliphatic carbocycles. The minimum absolute atomic E-state index is 0.236. The predicted molar refractivity (Wildman–Crippen MR) is 247 cm³/mol. The molecule has 2 heterocycles. The van der Waals surface area contributed by atoms with Crippen LogP contribution in [0.5, 0.6) is 0 Å². The normalized spacial score (nSPS) is 27.2. The van der Waals surface area contributed by atoms with E-state index >= 15 is 0 Å². The maximum Gasteiger partial charge on any atom is 0.0598 e. The molecule has 280 valence electrons. The maximum absolute atomic E-state index is 2.65. The van der Waals surface area contributed by atoms with Crippen LogP contribution in [0.1, 0.15) is 55.6 Å². The monoisotopic (exact) mass is 773 g/mol. The number of fused-ring (bicyclic) bond motifs is 6. The summed E-state index contributed by atoms with van der Waals surface area (Å²) < 4.78 is 2.77.